The summed E-state index contributed by atoms with van der Waals surface area (Å²) >= 11 is 0. The smallest absolute Gasteiger partial charge is 0.180 e. The number of nitrogens with zero attached hydrogens (tertiary/aromatic N) is 3. The molecule has 0 atom stereocenters. The van der Waals surface area contributed by atoms with E-state index in [2.05, 4.69) is 20.7 Å². The average Bonchev–Trinajstić information content (AvgIpc) is 2.94. The number of nitrogens with two attached hydrogens (primary N) is 1. The molecular formula is C13H13FN6. The van der Waals surface area contributed by atoms with Gasteiger partial charge < -0.3 is 15.1 Å². The van der Waals surface area contributed by atoms with Crippen LogP contribution in [0.15, 0.2) is 42.9 Å². The molecule has 0 saturated heterocycles. The van der Waals surface area contributed by atoms with E-state index < -0.39 is 0 Å². The van der Waals surface area contributed by atoms with Gasteiger partial charge in [-0.05, 0) is 17.7 Å². The highest BCUT2D eigenvalue weighted by Gasteiger charge is 2.06. The van der Waals surface area contributed by atoms with Gasteiger partial charge >= 0.3 is 0 Å². The Morgan fingerprint density at radius 3 is 2.80 bits per heavy atom. The summed E-state index contributed by atoms with van der Waals surface area (Å²) in [6.45, 7) is 0.518. The molecule has 3 aromatic rings. The van der Waals surface area contributed by atoms with Gasteiger partial charge in [0.1, 0.15) is 5.82 Å². The van der Waals surface area contributed by atoms with Crippen LogP contribution < -0.4 is 16.6 Å². The van der Waals surface area contributed by atoms with E-state index >= 15 is 0 Å². The van der Waals surface area contributed by atoms with Gasteiger partial charge in [-0.2, -0.15) is 0 Å². The second kappa shape index (κ2) is 5.14. The highest BCUT2D eigenvalue weighted by atomic mass is 19.1. The third-order valence-corrected chi connectivity index (χ3v) is 2.90. The predicted molar refractivity (Wildman–Crippen MR) is 74.5 cm³/mol. The number of halogens is 1. The van der Waals surface area contributed by atoms with Crippen molar-refractivity contribution in [1.82, 2.24) is 14.4 Å². The highest BCUT2D eigenvalue weighted by molar-refractivity contribution is 5.65. The van der Waals surface area contributed by atoms with E-state index in [0.29, 0.717) is 23.8 Å². The lowest BCUT2D eigenvalue weighted by atomic mass is 10.2. The largest absolute Gasteiger partial charge is 0.363 e. The van der Waals surface area contributed by atoms with Crippen LogP contribution in [0.4, 0.5) is 16.0 Å². The number of nitrogens with one attached hydrogen (secondary N) is 2. The number of benzene rings is 1. The Morgan fingerprint density at radius 2 is 2.05 bits per heavy atom. The standard InChI is InChI=1S/C13H13FN6/c14-10-3-1-9(2-4-10)7-17-12-13-16-5-6-20(13)8-11(18-12)19-15/h1-6,8,19H,7,15H2,(H,17,18). The van der Waals surface area contributed by atoms with E-state index in [1.54, 1.807) is 30.7 Å². The normalized spacial score (nSPS) is 10.7. The van der Waals surface area contributed by atoms with Gasteiger partial charge in [-0.3, -0.25) is 0 Å². The number of fused-ring (bicyclic) bond motifs is 1. The summed E-state index contributed by atoms with van der Waals surface area (Å²) in [5.41, 5.74) is 4.15. The number of hydrogen-bond acceptors (Lipinski definition) is 5. The zero-order valence-electron chi connectivity index (χ0n) is 10.5. The Kier molecular flexibility index (Phi) is 3.18. The van der Waals surface area contributed by atoms with Crippen molar-refractivity contribution < 1.29 is 4.39 Å². The molecule has 102 valence electrons. The van der Waals surface area contributed by atoms with Gasteiger partial charge in [-0.15, -0.1) is 0 Å². The minimum absolute atomic E-state index is 0.253. The lowest BCUT2D eigenvalue weighted by Crippen LogP contribution is -2.12. The van der Waals surface area contributed by atoms with Gasteiger partial charge in [0, 0.05) is 18.9 Å². The summed E-state index contributed by atoms with van der Waals surface area (Å²) in [6, 6.07) is 6.28. The molecule has 0 saturated carbocycles. The molecule has 6 nitrogen and oxygen atoms in total. The molecule has 0 aliphatic carbocycles. The van der Waals surface area contributed by atoms with Crippen LogP contribution in [0, 0.1) is 5.82 Å². The molecule has 3 rings (SSSR count). The molecule has 0 aliphatic heterocycles. The van der Waals surface area contributed by atoms with E-state index in [9.17, 15) is 4.39 Å². The van der Waals surface area contributed by atoms with Crippen LogP contribution in [0.5, 0.6) is 0 Å². The highest BCUT2D eigenvalue weighted by Crippen LogP contribution is 2.16. The molecule has 1 aromatic carbocycles. The number of anilines is 2. The zero-order chi connectivity index (χ0) is 13.9. The minimum Gasteiger partial charge on any atom is -0.363 e. The Bertz CT molecular complexity index is 721. The molecule has 0 radical (unpaired) electrons. The molecule has 0 unspecified atom stereocenters. The first-order valence-corrected chi connectivity index (χ1v) is 6.05. The third kappa shape index (κ3) is 2.39. The van der Waals surface area contributed by atoms with E-state index in [1.807, 2.05) is 4.40 Å². The summed E-state index contributed by atoms with van der Waals surface area (Å²) in [6.07, 6.45) is 5.23. The Morgan fingerprint density at radius 1 is 1.25 bits per heavy atom. The molecule has 7 heteroatoms. The quantitative estimate of drug-likeness (QED) is 0.498. The van der Waals surface area contributed by atoms with Gasteiger partial charge in [0.25, 0.3) is 0 Å². The average molecular weight is 272 g/mol. The van der Waals surface area contributed by atoms with Crippen molar-refractivity contribution in [2.24, 2.45) is 5.84 Å². The number of nitrogen functional groups attached to an aromatic ring is 1. The Hall–Kier alpha value is -2.67. The number of hydrogen-bond donors (Lipinski definition) is 3. The summed E-state index contributed by atoms with van der Waals surface area (Å²) in [4.78, 5) is 8.55. The number of aromatic nitrogens is 3. The SMILES string of the molecule is NNc1cn2ccnc2c(NCc2ccc(F)cc2)n1. The van der Waals surface area contributed by atoms with Crippen molar-refractivity contribution in [1.29, 1.82) is 0 Å². The topological polar surface area (TPSA) is 80.3 Å². The van der Waals surface area contributed by atoms with Crippen molar-refractivity contribution in [3.63, 3.8) is 0 Å². The number of imidazole rings is 1. The van der Waals surface area contributed by atoms with E-state index in [1.165, 1.54) is 12.1 Å². The van der Waals surface area contributed by atoms with Crippen molar-refractivity contribution >= 4 is 17.3 Å². The summed E-state index contributed by atoms with van der Waals surface area (Å²) in [5.74, 6) is 6.27. The van der Waals surface area contributed by atoms with Crippen molar-refractivity contribution in [3.05, 3.63) is 54.2 Å². The van der Waals surface area contributed by atoms with Crippen LogP contribution in [-0.2, 0) is 6.54 Å². The molecule has 0 fully saturated rings. The van der Waals surface area contributed by atoms with Crippen LogP contribution in [0.3, 0.4) is 0 Å². The second-order valence-electron chi connectivity index (χ2n) is 4.26. The molecule has 0 spiro atoms. The zero-order valence-corrected chi connectivity index (χ0v) is 10.5. The lowest BCUT2D eigenvalue weighted by molar-refractivity contribution is 0.627. The molecule has 2 heterocycles. The Labute approximate surface area is 114 Å². The van der Waals surface area contributed by atoms with E-state index in [-0.39, 0.29) is 5.82 Å². The monoisotopic (exact) mass is 272 g/mol. The molecule has 0 aliphatic rings. The van der Waals surface area contributed by atoms with Crippen molar-refractivity contribution in [3.8, 4) is 0 Å². The summed E-state index contributed by atoms with van der Waals surface area (Å²) in [7, 11) is 0. The molecular weight excluding hydrogens is 259 g/mol. The third-order valence-electron chi connectivity index (χ3n) is 2.90. The molecule has 4 N–H and O–H groups in total. The second-order valence-corrected chi connectivity index (χ2v) is 4.26. The van der Waals surface area contributed by atoms with Crippen LogP contribution in [-0.4, -0.2) is 14.4 Å². The maximum absolute atomic E-state index is 12.8. The molecule has 0 amide bonds. The molecule has 0 bridgehead atoms. The maximum Gasteiger partial charge on any atom is 0.180 e. The Balaban J connectivity index is 1.86. The van der Waals surface area contributed by atoms with Crippen LogP contribution in [0.1, 0.15) is 5.56 Å². The fourth-order valence-corrected chi connectivity index (χ4v) is 1.91. The van der Waals surface area contributed by atoms with Gasteiger partial charge in [-0.1, -0.05) is 12.1 Å². The van der Waals surface area contributed by atoms with Crippen LogP contribution in [0.2, 0.25) is 0 Å². The van der Waals surface area contributed by atoms with E-state index in [0.717, 1.165) is 5.56 Å². The molecule has 2 aromatic heterocycles. The van der Waals surface area contributed by atoms with E-state index in [4.69, 9.17) is 5.84 Å². The fourth-order valence-electron chi connectivity index (χ4n) is 1.91. The maximum atomic E-state index is 12.8. The first-order chi connectivity index (χ1) is 9.76. The summed E-state index contributed by atoms with van der Waals surface area (Å²) in [5, 5.41) is 3.17. The van der Waals surface area contributed by atoms with Gasteiger partial charge in [-0.25, -0.2) is 20.2 Å². The fraction of sp³-hybridized carbons (Fsp3) is 0.0769. The first-order valence-electron chi connectivity index (χ1n) is 6.05. The number of hydrazine groups is 1. The first kappa shape index (κ1) is 12.4. The van der Waals surface area contributed by atoms with Gasteiger partial charge in [0.15, 0.2) is 17.3 Å². The van der Waals surface area contributed by atoms with Crippen LogP contribution >= 0.6 is 0 Å². The summed E-state index contributed by atoms with van der Waals surface area (Å²) < 4.78 is 14.7. The minimum atomic E-state index is -0.253. The molecule has 20 heavy (non-hydrogen) atoms. The number of rotatable bonds is 4. The van der Waals surface area contributed by atoms with Crippen LogP contribution in [0.25, 0.3) is 5.65 Å². The van der Waals surface area contributed by atoms with Crippen molar-refractivity contribution in [2.75, 3.05) is 10.7 Å². The predicted octanol–water partition coefficient (Wildman–Crippen LogP) is 1.77. The van der Waals surface area contributed by atoms with Crippen molar-refractivity contribution in [2.45, 2.75) is 6.54 Å². The van der Waals surface area contributed by atoms with Gasteiger partial charge in [0.2, 0.25) is 0 Å². The van der Waals surface area contributed by atoms with Gasteiger partial charge in [0.05, 0.1) is 6.20 Å². The lowest BCUT2D eigenvalue weighted by Gasteiger charge is -2.09.